The molecule has 2 unspecified atom stereocenters. The van der Waals surface area contributed by atoms with Crippen LogP contribution in [0.3, 0.4) is 0 Å². The summed E-state index contributed by atoms with van der Waals surface area (Å²) in [5, 5.41) is 11.2. The van der Waals surface area contributed by atoms with Crippen LogP contribution in [0, 0.1) is 22.7 Å². The molecule has 0 aromatic rings. The Morgan fingerprint density at radius 2 is 1.67 bits per heavy atom. The molecule has 55 heavy (non-hydrogen) atoms. The number of ketones is 1. The monoisotopic (exact) mass is 793 g/mol. The Hall–Kier alpha value is -3.04. The minimum Gasteiger partial charge on any atom is -0.353 e. The summed E-state index contributed by atoms with van der Waals surface area (Å²) in [6.45, 7) is 19.2. The molecule has 0 spiro atoms. The van der Waals surface area contributed by atoms with Gasteiger partial charge in [-0.2, -0.15) is 0 Å². The molecule has 0 aromatic carbocycles. The Balaban J connectivity index is 1.51. The van der Waals surface area contributed by atoms with Gasteiger partial charge in [0.05, 0.1) is 28.7 Å². The quantitative estimate of drug-likeness (QED) is 0.126. The van der Waals surface area contributed by atoms with Crippen LogP contribution >= 0.6 is 0 Å². The van der Waals surface area contributed by atoms with E-state index >= 15 is 0 Å². The molecule has 15 heteroatoms. The zero-order valence-corrected chi connectivity index (χ0v) is 35.2. The number of sulfone groups is 1. The normalized spacial score (nSPS) is 25.8. The molecule has 0 aromatic heterocycles. The molecular weight excluding hydrogens is 727 g/mol. The number of urea groups is 1. The highest BCUT2D eigenvalue weighted by molar-refractivity contribution is 7.92. The maximum atomic E-state index is 14.6. The summed E-state index contributed by atoms with van der Waals surface area (Å²) in [5.74, 6) is -2.96. The third-order valence-corrected chi connectivity index (χ3v) is 15.0. The average molecular weight is 794 g/mol. The molecule has 14 nitrogen and oxygen atoms in total. The number of piperidine rings is 1. The number of Topliss-reactive ketones (excluding diaryl/α,β-unsaturated/α-hetero) is 1. The van der Waals surface area contributed by atoms with E-state index in [0.29, 0.717) is 38.8 Å². The smallest absolute Gasteiger partial charge is 0.315 e. The van der Waals surface area contributed by atoms with Gasteiger partial charge in [-0.1, -0.05) is 73.3 Å². The van der Waals surface area contributed by atoms with Crippen molar-refractivity contribution in [1.82, 2.24) is 26.2 Å². The minimum atomic E-state index is -3.81. The minimum absolute atomic E-state index is 0.0329. The molecule has 4 fully saturated rings. The van der Waals surface area contributed by atoms with E-state index < -0.39 is 79.5 Å². The Morgan fingerprint density at radius 3 is 2.25 bits per heavy atom. The Kier molecular flexibility index (Phi) is 14.3. The van der Waals surface area contributed by atoms with Gasteiger partial charge in [0.15, 0.2) is 16.1 Å². The number of fused-ring (bicyclic) bond motifs is 1. The highest BCUT2D eigenvalue weighted by atomic mass is 32.2. The van der Waals surface area contributed by atoms with Crippen LogP contribution in [-0.4, -0.2) is 110 Å². The Bertz CT molecular complexity index is 1540. The van der Waals surface area contributed by atoms with E-state index in [1.807, 2.05) is 41.5 Å². The Labute approximate surface area is 328 Å². The van der Waals surface area contributed by atoms with E-state index in [1.54, 1.807) is 13.8 Å². The van der Waals surface area contributed by atoms with E-state index in [2.05, 4.69) is 27.8 Å². The number of hydrogen-bond donors (Lipinski definition) is 4. The fraction of sp³-hybridized carbons (Fsp3) is 0.825. The number of carbonyl (C=O) groups is 5. The number of nitrogens with zero attached hydrogens (tertiary/aromatic N) is 1. The van der Waals surface area contributed by atoms with Gasteiger partial charge in [0, 0.05) is 19.7 Å². The molecule has 4 N–H and O–H groups in total. The molecule has 4 rings (SSSR count). The third kappa shape index (κ3) is 10.5. The van der Waals surface area contributed by atoms with Crippen LogP contribution in [0.2, 0.25) is 0 Å². The lowest BCUT2D eigenvalue weighted by Crippen LogP contribution is -2.64. The van der Waals surface area contributed by atoms with Crippen LogP contribution < -0.4 is 21.3 Å². The lowest BCUT2D eigenvalue weighted by Gasteiger charge is -2.42. The van der Waals surface area contributed by atoms with Gasteiger partial charge >= 0.3 is 6.03 Å². The molecule has 2 saturated heterocycles. The number of hydrogen-bond acceptors (Lipinski definition) is 9. The lowest BCUT2D eigenvalue weighted by atomic mass is 9.83. The lowest BCUT2D eigenvalue weighted by molar-refractivity contribution is -0.165. The van der Waals surface area contributed by atoms with Crippen molar-refractivity contribution < 1.29 is 41.9 Å². The van der Waals surface area contributed by atoms with E-state index in [9.17, 15) is 32.4 Å². The summed E-state index contributed by atoms with van der Waals surface area (Å²) < 4.78 is 38.4. The van der Waals surface area contributed by atoms with E-state index in [1.165, 1.54) is 11.0 Å². The van der Waals surface area contributed by atoms with E-state index in [0.717, 1.165) is 32.1 Å². The summed E-state index contributed by atoms with van der Waals surface area (Å²) in [4.78, 5) is 69.8. The molecular formula is C40H67N5O9S. The molecule has 2 aliphatic heterocycles. The second kappa shape index (κ2) is 17.6. The molecule has 0 bridgehead atoms. The molecule has 2 aliphatic carbocycles. The SMILES string of the molecule is C=CCNC(=O)C(=O)C(CCC)NC(=O)[C@@H]1[C@@H]2[C@H](CN1C(=O)[C@@H](NC(=O)NC1(CS(=O)(=O)C(C)(C)COC3CCCCO3)CCCCC1)C(C)(C)C)C2(C)C. The third-order valence-electron chi connectivity index (χ3n) is 12.2. The molecule has 6 atom stereocenters. The standard InChI is InChI=1S/C40H67N5O9S/c1-10-17-27(31(46)34(48)41-21-11-2)42-33(47)30-29-26(39(29,8)9)23-45(30)35(49)32(37(3,4)5)43-36(50)44-40(19-14-12-15-20-40)25-55(51,52)38(6,7)24-54-28-18-13-16-22-53-28/h11,26-30,32H,2,10,12-25H2,1,3-9H3,(H,41,48)(H,42,47)(H2,43,44,50)/t26-,27?,28?,29-,30-,32+/m0/s1. The topological polar surface area (TPSA) is 189 Å². The van der Waals surface area contributed by atoms with Crippen molar-refractivity contribution in [1.29, 1.82) is 0 Å². The maximum Gasteiger partial charge on any atom is 0.315 e. The first-order valence-corrected chi connectivity index (χ1v) is 21.8. The number of carbonyl (C=O) groups excluding carboxylic acids is 5. The zero-order valence-electron chi connectivity index (χ0n) is 34.4. The largest absolute Gasteiger partial charge is 0.353 e. The van der Waals surface area contributed by atoms with Gasteiger partial charge in [-0.25, -0.2) is 13.2 Å². The number of ether oxygens (including phenoxy) is 2. The van der Waals surface area contributed by atoms with Gasteiger partial charge in [0.25, 0.3) is 5.91 Å². The van der Waals surface area contributed by atoms with E-state index in [-0.39, 0.29) is 42.6 Å². The van der Waals surface area contributed by atoms with Crippen molar-refractivity contribution in [2.24, 2.45) is 22.7 Å². The summed E-state index contributed by atoms with van der Waals surface area (Å²) >= 11 is 0. The van der Waals surface area contributed by atoms with Crippen LogP contribution in [0.15, 0.2) is 12.7 Å². The van der Waals surface area contributed by atoms with Crippen LogP contribution in [-0.2, 0) is 38.5 Å². The van der Waals surface area contributed by atoms with Crippen molar-refractivity contribution in [3.63, 3.8) is 0 Å². The predicted octanol–water partition coefficient (Wildman–Crippen LogP) is 3.78. The number of amides is 5. The molecule has 2 heterocycles. The molecule has 312 valence electrons. The average Bonchev–Trinajstić information content (AvgIpc) is 3.41. The zero-order chi connectivity index (χ0) is 41.0. The van der Waals surface area contributed by atoms with Crippen LogP contribution in [0.4, 0.5) is 4.79 Å². The van der Waals surface area contributed by atoms with Gasteiger partial charge in [0.2, 0.25) is 17.6 Å². The van der Waals surface area contributed by atoms with E-state index in [4.69, 9.17) is 9.47 Å². The fourth-order valence-electron chi connectivity index (χ4n) is 8.58. The summed E-state index contributed by atoms with van der Waals surface area (Å²) in [7, 11) is -3.81. The Morgan fingerprint density at radius 1 is 1.00 bits per heavy atom. The van der Waals surface area contributed by atoms with Gasteiger partial charge in [0.1, 0.15) is 12.1 Å². The highest BCUT2D eigenvalue weighted by Gasteiger charge is 2.70. The van der Waals surface area contributed by atoms with Gasteiger partial charge < -0.3 is 35.6 Å². The highest BCUT2D eigenvalue weighted by Crippen LogP contribution is 2.65. The first-order chi connectivity index (χ1) is 25.6. The summed E-state index contributed by atoms with van der Waals surface area (Å²) in [6.07, 6.45) is 7.75. The predicted molar refractivity (Wildman–Crippen MR) is 209 cm³/mol. The van der Waals surface area contributed by atoms with Gasteiger partial charge in [-0.15, -0.1) is 6.58 Å². The van der Waals surface area contributed by atoms with Crippen molar-refractivity contribution in [3.8, 4) is 0 Å². The van der Waals surface area contributed by atoms with Crippen molar-refractivity contribution >= 4 is 39.4 Å². The van der Waals surface area contributed by atoms with Crippen molar-refractivity contribution in [3.05, 3.63) is 12.7 Å². The van der Waals surface area contributed by atoms with Gasteiger partial charge in [-0.3, -0.25) is 19.2 Å². The van der Waals surface area contributed by atoms with Crippen LogP contribution in [0.1, 0.15) is 120 Å². The van der Waals surface area contributed by atoms with Crippen molar-refractivity contribution in [2.45, 2.75) is 154 Å². The maximum absolute atomic E-state index is 14.6. The summed E-state index contributed by atoms with van der Waals surface area (Å²) in [5.41, 5.74) is -2.08. The molecule has 4 aliphatic rings. The number of nitrogens with one attached hydrogen (secondary N) is 4. The van der Waals surface area contributed by atoms with Gasteiger partial charge in [-0.05, 0) is 75.0 Å². The summed E-state index contributed by atoms with van der Waals surface area (Å²) in [6, 6.07) is -3.70. The number of likely N-dealkylation sites (tertiary alicyclic amines) is 1. The molecule has 0 radical (unpaired) electrons. The second-order valence-corrected chi connectivity index (χ2v) is 21.1. The second-order valence-electron chi connectivity index (χ2n) is 18.5. The first kappa shape index (κ1) is 44.7. The van der Waals surface area contributed by atoms with Crippen molar-refractivity contribution in [2.75, 3.05) is 32.1 Å². The molecule has 2 saturated carbocycles. The molecule has 5 amide bonds. The first-order valence-electron chi connectivity index (χ1n) is 20.2. The van der Waals surface area contributed by atoms with Crippen LogP contribution in [0.5, 0.6) is 0 Å². The number of rotatable bonds is 17. The fourth-order valence-corrected chi connectivity index (χ4v) is 10.3. The van der Waals surface area contributed by atoms with Crippen LogP contribution in [0.25, 0.3) is 0 Å².